The van der Waals surface area contributed by atoms with Gasteiger partial charge in [0.25, 0.3) is 0 Å². The summed E-state index contributed by atoms with van der Waals surface area (Å²) in [5, 5.41) is 6.12. The SMILES string of the molecule is COC(=O)CCCNC(=O)[C@@]1(C)CCCCN1. The number of carbonyl (C=O) groups excluding carboxylic acids is 2. The van der Waals surface area contributed by atoms with E-state index in [1.165, 1.54) is 7.11 Å². The molecular weight excluding hydrogens is 220 g/mol. The largest absolute Gasteiger partial charge is 0.469 e. The van der Waals surface area contributed by atoms with Crippen molar-refractivity contribution in [1.82, 2.24) is 10.6 Å². The summed E-state index contributed by atoms with van der Waals surface area (Å²) in [6, 6.07) is 0. The molecule has 2 N–H and O–H groups in total. The second kappa shape index (κ2) is 6.59. The number of ether oxygens (including phenoxy) is 1. The Hall–Kier alpha value is -1.10. The van der Waals surface area contributed by atoms with Gasteiger partial charge in [-0.3, -0.25) is 9.59 Å². The van der Waals surface area contributed by atoms with Crippen LogP contribution in [0.5, 0.6) is 0 Å². The van der Waals surface area contributed by atoms with Crippen LogP contribution in [0.15, 0.2) is 0 Å². The van der Waals surface area contributed by atoms with Crippen LogP contribution in [0.4, 0.5) is 0 Å². The van der Waals surface area contributed by atoms with E-state index in [4.69, 9.17) is 0 Å². The van der Waals surface area contributed by atoms with Crippen molar-refractivity contribution in [3.8, 4) is 0 Å². The molecule has 5 heteroatoms. The fourth-order valence-electron chi connectivity index (χ4n) is 1.98. The van der Waals surface area contributed by atoms with Crippen molar-refractivity contribution in [2.24, 2.45) is 0 Å². The van der Waals surface area contributed by atoms with Gasteiger partial charge in [-0.15, -0.1) is 0 Å². The molecule has 1 saturated heterocycles. The number of piperidine rings is 1. The van der Waals surface area contributed by atoms with Crippen molar-refractivity contribution >= 4 is 11.9 Å². The number of esters is 1. The van der Waals surface area contributed by atoms with E-state index in [9.17, 15) is 9.59 Å². The van der Waals surface area contributed by atoms with E-state index in [1.54, 1.807) is 0 Å². The summed E-state index contributed by atoms with van der Waals surface area (Å²) in [5.41, 5.74) is -0.441. The summed E-state index contributed by atoms with van der Waals surface area (Å²) in [6.07, 6.45) is 4.05. The van der Waals surface area contributed by atoms with Crippen LogP contribution in [0, 0.1) is 0 Å². The summed E-state index contributed by atoms with van der Waals surface area (Å²) in [7, 11) is 1.37. The molecule has 98 valence electrons. The van der Waals surface area contributed by atoms with Crippen molar-refractivity contribution in [1.29, 1.82) is 0 Å². The second-order valence-corrected chi connectivity index (χ2v) is 4.65. The third kappa shape index (κ3) is 4.34. The Balaban J connectivity index is 2.22. The first kappa shape index (κ1) is 14.0. The number of hydrogen-bond acceptors (Lipinski definition) is 4. The zero-order valence-electron chi connectivity index (χ0n) is 10.7. The standard InChI is InChI=1S/C12H22N2O3/c1-12(7-3-4-9-14-12)11(16)13-8-5-6-10(15)17-2/h14H,3-9H2,1-2H3,(H,13,16)/t12-/m1/s1. The van der Waals surface area contributed by atoms with Gasteiger partial charge in [0.05, 0.1) is 12.6 Å². The molecule has 0 aromatic heterocycles. The lowest BCUT2D eigenvalue weighted by molar-refractivity contribution is -0.140. The number of nitrogens with one attached hydrogen (secondary N) is 2. The summed E-state index contributed by atoms with van der Waals surface area (Å²) >= 11 is 0. The lowest BCUT2D eigenvalue weighted by Gasteiger charge is -2.33. The number of carbonyl (C=O) groups is 2. The molecule has 0 aromatic rings. The number of amides is 1. The molecule has 5 nitrogen and oxygen atoms in total. The van der Waals surface area contributed by atoms with Gasteiger partial charge in [0.1, 0.15) is 0 Å². The van der Waals surface area contributed by atoms with E-state index < -0.39 is 5.54 Å². The highest BCUT2D eigenvalue weighted by Crippen LogP contribution is 2.18. The zero-order valence-corrected chi connectivity index (χ0v) is 10.7. The second-order valence-electron chi connectivity index (χ2n) is 4.65. The number of methoxy groups -OCH3 is 1. The van der Waals surface area contributed by atoms with Crippen LogP contribution in [0.3, 0.4) is 0 Å². The average molecular weight is 242 g/mol. The van der Waals surface area contributed by atoms with E-state index in [0.29, 0.717) is 19.4 Å². The Kier molecular flexibility index (Phi) is 5.41. The van der Waals surface area contributed by atoms with Crippen molar-refractivity contribution in [2.45, 2.75) is 44.6 Å². The predicted molar refractivity (Wildman–Crippen MR) is 64.5 cm³/mol. The average Bonchev–Trinajstić information content (AvgIpc) is 2.34. The van der Waals surface area contributed by atoms with Gasteiger partial charge in [0.2, 0.25) is 5.91 Å². The maximum Gasteiger partial charge on any atom is 0.305 e. The molecule has 1 aliphatic heterocycles. The summed E-state index contributed by atoms with van der Waals surface area (Å²) in [4.78, 5) is 22.8. The first-order chi connectivity index (χ1) is 8.08. The van der Waals surface area contributed by atoms with E-state index >= 15 is 0 Å². The Morgan fingerprint density at radius 3 is 2.76 bits per heavy atom. The molecule has 1 rings (SSSR count). The summed E-state index contributed by atoms with van der Waals surface area (Å²) in [6.45, 7) is 3.35. The van der Waals surface area contributed by atoms with Crippen LogP contribution in [-0.2, 0) is 14.3 Å². The molecule has 1 fully saturated rings. The third-order valence-corrected chi connectivity index (χ3v) is 3.19. The molecule has 0 radical (unpaired) electrons. The number of rotatable bonds is 5. The molecule has 0 aliphatic carbocycles. The van der Waals surface area contributed by atoms with Crippen molar-refractivity contribution in [3.05, 3.63) is 0 Å². The Labute approximate surface area is 102 Å². The molecule has 0 spiro atoms. The smallest absolute Gasteiger partial charge is 0.305 e. The Morgan fingerprint density at radius 1 is 1.41 bits per heavy atom. The first-order valence-corrected chi connectivity index (χ1v) is 6.18. The van der Waals surface area contributed by atoms with Crippen LogP contribution >= 0.6 is 0 Å². The maximum atomic E-state index is 11.9. The van der Waals surface area contributed by atoms with Gasteiger partial charge in [-0.2, -0.15) is 0 Å². The topological polar surface area (TPSA) is 67.4 Å². The molecular formula is C12H22N2O3. The quantitative estimate of drug-likeness (QED) is 0.547. The van der Waals surface area contributed by atoms with E-state index in [-0.39, 0.29) is 11.9 Å². The van der Waals surface area contributed by atoms with Crippen LogP contribution in [0.1, 0.15) is 39.0 Å². The lowest BCUT2D eigenvalue weighted by atomic mass is 9.90. The van der Waals surface area contributed by atoms with Crippen LogP contribution in [0.2, 0.25) is 0 Å². The minimum absolute atomic E-state index is 0.0297. The molecule has 0 aromatic carbocycles. The Bertz CT molecular complexity index is 273. The summed E-state index contributed by atoms with van der Waals surface area (Å²) < 4.78 is 4.53. The molecule has 1 aliphatic rings. The van der Waals surface area contributed by atoms with Gasteiger partial charge in [0, 0.05) is 13.0 Å². The highest BCUT2D eigenvalue weighted by molar-refractivity contribution is 5.86. The van der Waals surface area contributed by atoms with Gasteiger partial charge in [-0.25, -0.2) is 0 Å². The lowest BCUT2D eigenvalue weighted by Crippen LogP contribution is -2.57. The predicted octanol–water partition coefficient (Wildman–Crippen LogP) is 0.588. The minimum atomic E-state index is -0.441. The minimum Gasteiger partial charge on any atom is -0.469 e. The highest BCUT2D eigenvalue weighted by atomic mass is 16.5. The van der Waals surface area contributed by atoms with Crippen LogP contribution < -0.4 is 10.6 Å². The van der Waals surface area contributed by atoms with Gasteiger partial charge in [-0.05, 0) is 39.2 Å². The van der Waals surface area contributed by atoms with Gasteiger partial charge >= 0.3 is 5.97 Å². The molecule has 0 unspecified atom stereocenters. The fraction of sp³-hybridized carbons (Fsp3) is 0.833. The van der Waals surface area contributed by atoms with Gasteiger partial charge < -0.3 is 15.4 Å². The fourth-order valence-corrected chi connectivity index (χ4v) is 1.98. The van der Waals surface area contributed by atoms with Crippen molar-refractivity contribution in [2.75, 3.05) is 20.2 Å². The Morgan fingerprint density at radius 2 is 2.18 bits per heavy atom. The van der Waals surface area contributed by atoms with Crippen LogP contribution in [-0.4, -0.2) is 37.6 Å². The number of hydrogen-bond donors (Lipinski definition) is 2. The maximum absolute atomic E-state index is 11.9. The molecule has 0 saturated carbocycles. The van der Waals surface area contributed by atoms with Crippen molar-refractivity contribution in [3.63, 3.8) is 0 Å². The monoisotopic (exact) mass is 242 g/mol. The van der Waals surface area contributed by atoms with Gasteiger partial charge in [-0.1, -0.05) is 0 Å². The van der Waals surface area contributed by atoms with E-state index in [1.807, 2.05) is 6.92 Å². The molecule has 17 heavy (non-hydrogen) atoms. The van der Waals surface area contributed by atoms with Gasteiger partial charge in [0.15, 0.2) is 0 Å². The van der Waals surface area contributed by atoms with E-state index in [2.05, 4.69) is 15.4 Å². The van der Waals surface area contributed by atoms with Crippen LogP contribution in [0.25, 0.3) is 0 Å². The molecule has 0 bridgehead atoms. The van der Waals surface area contributed by atoms with E-state index in [0.717, 1.165) is 25.8 Å². The molecule has 1 atom stereocenters. The third-order valence-electron chi connectivity index (χ3n) is 3.19. The first-order valence-electron chi connectivity index (χ1n) is 6.18. The normalized spacial score (nSPS) is 24.1. The molecule has 1 amide bonds. The summed E-state index contributed by atoms with van der Waals surface area (Å²) in [5.74, 6) is -0.205. The van der Waals surface area contributed by atoms with Crippen molar-refractivity contribution < 1.29 is 14.3 Å². The highest BCUT2D eigenvalue weighted by Gasteiger charge is 2.33. The zero-order chi connectivity index (χ0) is 12.7. The molecule has 1 heterocycles.